The van der Waals surface area contributed by atoms with Crippen molar-refractivity contribution in [2.45, 2.75) is 12.0 Å². The molecule has 1 fully saturated rings. The largest absolute Gasteiger partial charge is 0.375 e. The highest BCUT2D eigenvalue weighted by molar-refractivity contribution is 5.92. The average Bonchev–Trinajstić information content (AvgIpc) is 3.43. The molecule has 28 heavy (non-hydrogen) atoms. The normalized spacial score (nSPS) is 19.6. The van der Waals surface area contributed by atoms with Gasteiger partial charge in [-0.3, -0.25) is 4.79 Å². The number of nitrogens with zero attached hydrogens (tertiary/aromatic N) is 5. The topological polar surface area (TPSA) is 99.9 Å². The molecule has 3 aromatic heterocycles. The maximum Gasteiger partial charge on any atom is 0.258 e. The van der Waals surface area contributed by atoms with Gasteiger partial charge in [0.05, 0.1) is 11.9 Å². The van der Waals surface area contributed by atoms with Gasteiger partial charge in [0.2, 0.25) is 0 Å². The Kier molecular flexibility index (Phi) is 3.56. The molecule has 8 nitrogen and oxygen atoms in total. The standard InChI is InChI=1S/C20H18N6O2/c1-25-9-7-20(28,19(25)27)13-4-2-5-14(10-13)26-23-12-17(24-26)16-11-22-18-15(16)6-3-8-21-18/h2-6,8,10-12,28H,7,9H2,1H3,(H,21,22)/t20-/m1/s1. The number of pyridine rings is 1. The lowest BCUT2D eigenvalue weighted by Gasteiger charge is -2.21. The van der Waals surface area contributed by atoms with Gasteiger partial charge in [0.15, 0.2) is 5.60 Å². The SMILES string of the molecule is CN1CC[C@@](O)(c2cccc(-n3ncc(-c4c[nH]c5ncccc45)n3)c2)C1=O. The first-order chi connectivity index (χ1) is 13.6. The lowest BCUT2D eigenvalue weighted by molar-refractivity contribution is -0.143. The molecule has 0 saturated carbocycles. The zero-order valence-electron chi connectivity index (χ0n) is 15.2. The van der Waals surface area contributed by atoms with Gasteiger partial charge >= 0.3 is 0 Å². The van der Waals surface area contributed by atoms with Gasteiger partial charge in [0.1, 0.15) is 11.3 Å². The highest BCUT2D eigenvalue weighted by Gasteiger charge is 2.45. The van der Waals surface area contributed by atoms with Crippen LogP contribution >= 0.6 is 0 Å². The number of hydrogen-bond donors (Lipinski definition) is 2. The molecule has 0 unspecified atom stereocenters. The Hall–Kier alpha value is -3.52. The van der Waals surface area contributed by atoms with Crippen molar-refractivity contribution in [1.82, 2.24) is 29.9 Å². The van der Waals surface area contributed by atoms with Gasteiger partial charge in [-0.1, -0.05) is 12.1 Å². The summed E-state index contributed by atoms with van der Waals surface area (Å²) >= 11 is 0. The van der Waals surface area contributed by atoms with Crippen LogP contribution in [-0.2, 0) is 10.4 Å². The van der Waals surface area contributed by atoms with Gasteiger partial charge in [0.25, 0.3) is 5.91 Å². The molecular formula is C20H18N6O2. The summed E-state index contributed by atoms with van der Waals surface area (Å²) in [7, 11) is 1.70. The van der Waals surface area contributed by atoms with Crippen molar-refractivity contribution in [3.05, 3.63) is 60.6 Å². The summed E-state index contributed by atoms with van der Waals surface area (Å²) < 4.78 is 0. The minimum absolute atomic E-state index is 0.287. The van der Waals surface area contributed by atoms with Gasteiger partial charge in [-0.05, 0) is 29.8 Å². The number of benzene rings is 1. The number of carbonyl (C=O) groups excluding carboxylic acids is 1. The van der Waals surface area contributed by atoms with Gasteiger partial charge in [-0.2, -0.15) is 9.90 Å². The molecule has 4 heterocycles. The van der Waals surface area contributed by atoms with Crippen LogP contribution in [0.3, 0.4) is 0 Å². The second-order valence-corrected chi connectivity index (χ2v) is 7.01. The third kappa shape index (κ3) is 2.42. The number of H-pyrrole nitrogens is 1. The maximum atomic E-state index is 12.4. The Morgan fingerprint density at radius 3 is 2.96 bits per heavy atom. The Balaban J connectivity index is 1.52. The van der Waals surface area contributed by atoms with Crippen LogP contribution in [0.4, 0.5) is 0 Å². The Labute approximate surface area is 160 Å². The number of carbonyl (C=O) groups is 1. The summed E-state index contributed by atoms with van der Waals surface area (Å²) in [4.78, 5) is 22.9. The van der Waals surface area contributed by atoms with Crippen molar-refractivity contribution in [2.75, 3.05) is 13.6 Å². The molecular weight excluding hydrogens is 356 g/mol. The van der Waals surface area contributed by atoms with Crippen LogP contribution < -0.4 is 0 Å². The van der Waals surface area contributed by atoms with E-state index in [0.29, 0.717) is 29.9 Å². The molecule has 1 aliphatic heterocycles. The quantitative estimate of drug-likeness (QED) is 0.570. The molecule has 2 N–H and O–H groups in total. The fourth-order valence-electron chi connectivity index (χ4n) is 3.69. The number of likely N-dealkylation sites (tertiary alicyclic amines) is 1. The first kappa shape index (κ1) is 16.6. The van der Waals surface area contributed by atoms with Crippen molar-refractivity contribution >= 4 is 16.9 Å². The van der Waals surface area contributed by atoms with Gasteiger partial charge in [-0.15, -0.1) is 5.10 Å². The van der Waals surface area contributed by atoms with Crippen molar-refractivity contribution in [3.63, 3.8) is 0 Å². The molecule has 0 aliphatic carbocycles. The highest BCUT2D eigenvalue weighted by Crippen LogP contribution is 2.33. The number of aliphatic hydroxyl groups is 1. The molecule has 1 atom stereocenters. The number of fused-ring (bicyclic) bond motifs is 1. The van der Waals surface area contributed by atoms with E-state index in [1.165, 1.54) is 4.80 Å². The first-order valence-corrected chi connectivity index (χ1v) is 9.00. The lowest BCUT2D eigenvalue weighted by atomic mass is 9.92. The Morgan fingerprint density at radius 1 is 1.25 bits per heavy atom. The third-order valence-corrected chi connectivity index (χ3v) is 5.28. The van der Waals surface area contributed by atoms with Crippen LogP contribution in [0.2, 0.25) is 0 Å². The van der Waals surface area contributed by atoms with Crippen LogP contribution in [0.25, 0.3) is 28.0 Å². The fourth-order valence-corrected chi connectivity index (χ4v) is 3.69. The number of rotatable bonds is 3. The first-order valence-electron chi connectivity index (χ1n) is 9.00. The van der Waals surface area contributed by atoms with E-state index in [1.54, 1.807) is 42.5 Å². The second-order valence-electron chi connectivity index (χ2n) is 7.01. The van der Waals surface area contributed by atoms with E-state index in [4.69, 9.17) is 0 Å². The molecule has 1 aromatic carbocycles. The number of nitrogens with one attached hydrogen (secondary N) is 1. The molecule has 1 amide bonds. The van der Waals surface area contributed by atoms with Gasteiger partial charge < -0.3 is 15.0 Å². The number of likely N-dealkylation sites (N-methyl/N-ethyl adjacent to an activating group) is 1. The molecule has 4 aromatic rings. The van der Waals surface area contributed by atoms with Crippen LogP contribution in [-0.4, -0.2) is 54.5 Å². The van der Waals surface area contributed by atoms with Crippen LogP contribution in [0.15, 0.2) is 55.0 Å². The summed E-state index contributed by atoms with van der Waals surface area (Å²) in [6.07, 6.45) is 5.65. The van der Waals surface area contributed by atoms with E-state index in [-0.39, 0.29) is 5.91 Å². The molecule has 8 heteroatoms. The van der Waals surface area contributed by atoms with E-state index < -0.39 is 5.60 Å². The fraction of sp³-hybridized carbons (Fsp3) is 0.200. The summed E-state index contributed by atoms with van der Waals surface area (Å²) in [6, 6.07) is 11.0. The van der Waals surface area contributed by atoms with Gasteiger partial charge in [-0.25, -0.2) is 4.98 Å². The lowest BCUT2D eigenvalue weighted by Crippen LogP contribution is -2.36. The van der Waals surface area contributed by atoms with Crippen molar-refractivity contribution in [1.29, 1.82) is 0 Å². The monoisotopic (exact) mass is 374 g/mol. The van der Waals surface area contributed by atoms with Crippen LogP contribution in [0.5, 0.6) is 0 Å². The minimum Gasteiger partial charge on any atom is -0.375 e. The van der Waals surface area contributed by atoms with Crippen molar-refractivity contribution in [2.24, 2.45) is 0 Å². The van der Waals surface area contributed by atoms with E-state index >= 15 is 0 Å². The summed E-state index contributed by atoms with van der Waals surface area (Å²) in [5, 5.41) is 20.8. The van der Waals surface area contributed by atoms with Crippen molar-refractivity contribution in [3.8, 4) is 16.9 Å². The second kappa shape index (κ2) is 6.00. The molecule has 1 saturated heterocycles. The molecule has 140 valence electrons. The van der Waals surface area contributed by atoms with E-state index in [1.807, 2.05) is 24.4 Å². The molecule has 0 spiro atoms. The molecule has 0 radical (unpaired) electrons. The van der Waals surface area contributed by atoms with Crippen LogP contribution in [0, 0.1) is 0 Å². The minimum atomic E-state index is -1.50. The maximum absolute atomic E-state index is 12.4. The zero-order chi connectivity index (χ0) is 19.3. The van der Waals surface area contributed by atoms with E-state index in [0.717, 1.165) is 16.6 Å². The van der Waals surface area contributed by atoms with Crippen molar-refractivity contribution < 1.29 is 9.90 Å². The average molecular weight is 374 g/mol. The number of aromatic nitrogens is 5. The highest BCUT2D eigenvalue weighted by atomic mass is 16.3. The van der Waals surface area contributed by atoms with E-state index in [2.05, 4.69) is 20.2 Å². The number of hydrogen-bond acceptors (Lipinski definition) is 5. The Bertz CT molecular complexity index is 1200. The molecule has 5 rings (SSSR count). The molecule has 0 bridgehead atoms. The Morgan fingerprint density at radius 2 is 2.14 bits per heavy atom. The summed E-state index contributed by atoms with van der Waals surface area (Å²) in [5.41, 5.74) is 2.15. The number of aromatic amines is 1. The summed E-state index contributed by atoms with van der Waals surface area (Å²) in [5.74, 6) is -0.287. The molecule has 1 aliphatic rings. The smallest absolute Gasteiger partial charge is 0.258 e. The van der Waals surface area contributed by atoms with Gasteiger partial charge in [0, 0.05) is 43.4 Å². The summed E-state index contributed by atoms with van der Waals surface area (Å²) in [6.45, 7) is 0.526. The zero-order valence-corrected chi connectivity index (χ0v) is 15.2. The van der Waals surface area contributed by atoms with E-state index in [9.17, 15) is 9.90 Å². The predicted molar refractivity (Wildman–Crippen MR) is 103 cm³/mol. The number of amides is 1. The van der Waals surface area contributed by atoms with Crippen LogP contribution in [0.1, 0.15) is 12.0 Å². The predicted octanol–water partition coefficient (Wildman–Crippen LogP) is 1.86. The third-order valence-electron chi connectivity index (χ3n) is 5.28.